The first kappa shape index (κ1) is 26.8. The maximum atomic E-state index is 13.2. The fourth-order valence-corrected chi connectivity index (χ4v) is 5.28. The third-order valence-electron chi connectivity index (χ3n) is 6.52. The average Bonchev–Trinajstić information content (AvgIpc) is 3.47. The lowest BCUT2D eigenvalue weighted by Gasteiger charge is -2.11. The number of aromatic amines is 1. The number of Topliss-reactive ketones (excluding diaryl/α,β-unsaturated/α-hetero) is 1. The normalized spacial score (nSPS) is 11.8. The van der Waals surface area contributed by atoms with Crippen LogP contribution >= 0.6 is 11.3 Å². The lowest BCUT2D eigenvalue weighted by molar-refractivity contribution is -0.140. The summed E-state index contributed by atoms with van der Waals surface area (Å²) in [6, 6.07) is 21.0. The number of carbonyl (C=O) groups is 2. The summed E-state index contributed by atoms with van der Waals surface area (Å²) >= 11 is 1.30. The molecule has 0 spiro atoms. The molecular weight excluding hydrogens is 533 g/mol. The van der Waals surface area contributed by atoms with Gasteiger partial charge < -0.3 is 15.4 Å². The Morgan fingerprint density at radius 3 is 2.38 bits per heavy atom. The lowest BCUT2D eigenvalue weighted by Crippen LogP contribution is -2.33. The number of carboxylic acids is 1. The number of H-pyrrole nitrogens is 1. The van der Waals surface area contributed by atoms with E-state index in [1.165, 1.54) is 23.5 Å². The van der Waals surface area contributed by atoms with Gasteiger partial charge in [-0.15, -0.1) is 11.3 Å². The highest BCUT2D eigenvalue weighted by molar-refractivity contribution is 7.10. The summed E-state index contributed by atoms with van der Waals surface area (Å²) in [6.07, 6.45) is -0.0890. The molecule has 0 radical (unpaired) electrons. The fourth-order valence-electron chi connectivity index (χ4n) is 4.46. The highest BCUT2D eigenvalue weighted by Gasteiger charge is 2.24. The van der Waals surface area contributed by atoms with Crippen LogP contribution in [0.25, 0.3) is 16.6 Å². The Hall–Kier alpha value is -4.83. The van der Waals surface area contributed by atoms with Crippen LogP contribution in [-0.4, -0.2) is 26.4 Å². The van der Waals surface area contributed by atoms with E-state index in [2.05, 4.69) is 10.3 Å². The highest BCUT2D eigenvalue weighted by Crippen LogP contribution is 2.26. The van der Waals surface area contributed by atoms with Gasteiger partial charge in [0.2, 0.25) is 0 Å². The second-order valence-electron chi connectivity index (χ2n) is 9.30. The largest absolute Gasteiger partial charge is 0.481 e. The predicted molar refractivity (Wildman–Crippen MR) is 152 cm³/mol. The van der Waals surface area contributed by atoms with E-state index in [0.29, 0.717) is 39.3 Å². The molecule has 2 heterocycles. The molecule has 0 aliphatic heterocycles. The summed E-state index contributed by atoms with van der Waals surface area (Å²) in [4.78, 5) is 53.7. The van der Waals surface area contributed by atoms with Crippen molar-refractivity contribution in [1.29, 1.82) is 0 Å². The van der Waals surface area contributed by atoms with Gasteiger partial charge in [-0.1, -0.05) is 30.3 Å². The number of benzene rings is 3. The maximum Gasteiger partial charge on any atom is 0.333 e. The Morgan fingerprint density at radius 2 is 1.70 bits per heavy atom. The van der Waals surface area contributed by atoms with Crippen LogP contribution in [-0.2, 0) is 22.6 Å². The van der Waals surface area contributed by atoms with Crippen LogP contribution in [0.5, 0.6) is 0 Å². The van der Waals surface area contributed by atoms with Gasteiger partial charge in [0.25, 0.3) is 5.56 Å². The zero-order valence-electron chi connectivity index (χ0n) is 21.1. The molecule has 0 saturated carbocycles. The molecule has 3 N–H and O–H groups in total. The smallest absolute Gasteiger partial charge is 0.333 e. The van der Waals surface area contributed by atoms with Crippen LogP contribution in [0.3, 0.4) is 0 Å². The molecule has 0 fully saturated rings. The number of nitrogens with zero attached hydrogens (tertiary/aromatic N) is 1. The van der Waals surface area contributed by atoms with E-state index in [9.17, 15) is 28.7 Å². The quantitative estimate of drug-likeness (QED) is 0.226. The number of aromatic nitrogens is 2. The second-order valence-corrected chi connectivity index (χ2v) is 10.3. The van der Waals surface area contributed by atoms with Crippen molar-refractivity contribution in [3.05, 3.63) is 127 Å². The molecule has 202 valence electrons. The Labute approximate surface area is 231 Å². The van der Waals surface area contributed by atoms with Gasteiger partial charge in [-0.3, -0.25) is 14.4 Å². The van der Waals surface area contributed by atoms with Crippen molar-refractivity contribution in [3.63, 3.8) is 0 Å². The third kappa shape index (κ3) is 5.92. The Bertz CT molecular complexity index is 1790. The second kappa shape index (κ2) is 11.5. The number of carbonyl (C=O) groups excluding carboxylic acids is 1. The summed E-state index contributed by atoms with van der Waals surface area (Å²) in [5.74, 6) is -2.47. The van der Waals surface area contributed by atoms with Gasteiger partial charge in [-0.25, -0.2) is 13.8 Å². The topological polar surface area (TPSA) is 121 Å². The van der Waals surface area contributed by atoms with E-state index in [-0.39, 0.29) is 24.4 Å². The number of anilines is 1. The van der Waals surface area contributed by atoms with Crippen molar-refractivity contribution >= 4 is 39.7 Å². The Balaban J connectivity index is 1.31. The monoisotopic (exact) mass is 557 g/mol. The number of halogens is 1. The van der Waals surface area contributed by atoms with E-state index >= 15 is 0 Å². The molecule has 1 unspecified atom stereocenters. The lowest BCUT2D eigenvalue weighted by atomic mass is 9.97. The maximum absolute atomic E-state index is 13.2. The summed E-state index contributed by atoms with van der Waals surface area (Å²) in [5, 5.41) is 14.8. The summed E-state index contributed by atoms with van der Waals surface area (Å²) in [5.41, 5.74) is 1.81. The van der Waals surface area contributed by atoms with Crippen LogP contribution in [0.4, 0.5) is 10.1 Å². The van der Waals surface area contributed by atoms with E-state index in [1.54, 1.807) is 72.1 Å². The Morgan fingerprint density at radius 1 is 0.975 bits per heavy atom. The number of thiophene rings is 1. The number of fused-ring (bicyclic) bond motifs is 1. The minimum atomic E-state index is -1.04. The van der Waals surface area contributed by atoms with Gasteiger partial charge in [0.15, 0.2) is 0 Å². The first-order valence-corrected chi connectivity index (χ1v) is 13.3. The molecule has 2 aromatic heterocycles. The number of rotatable bonds is 10. The minimum absolute atomic E-state index is 0.0338. The molecule has 5 rings (SSSR count). The fraction of sp³-hybridized carbons (Fsp3) is 0.133. The van der Waals surface area contributed by atoms with Crippen molar-refractivity contribution in [2.75, 3.05) is 5.32 Å². The summed E-state index contributed by atoms with van der Waals surface area (Å²) < 4.78 is 14.1. The zero-order valence-corrected chi connectivity index (χ0v) is 21.9. The van der Waals surface area contributed by atoms with Gasteiger partial charge in [0.1, 0.15) is 11.6 Å². The molecule has 40 heavy (non-hydrogen) atoms. The van der Waals surface area contributed by atoms with Crippen LogP contribution in [0.2, 0.25) is 0 Å². The molecule has 0 amide bonds. The van der Waals surface area contributed by atoms with Gasteiger partial charge >= 0.3 is 11.7 Å². The molecule has 0 bridgehead atoms. The molecule has 3 aromatic carbocycles. The minimum Gasteiger partial charge on any atom is -0.481 e. The van der Waals surface area contributed by atoms with Crippen molar-refractivity contribution in [2.45, 2.75) is 25.3 Å². The SMILES string of the molecule is O=C(Cc1ccc(-n2c(=O)[nH]c3cc(NCc4ccc(F)cc4)ccc3c2=O)cc1)CC(C(=O)O)c1cccs1. The third-order valence-corrected chi connectivity index (χ3v) is 7.51. The molecular formula is C30H24FN3O5S. The van der Waals surface area contributed by atoms with Crippen molar-refractivity contribution < 1.29 is 19.1 Å². The first-order valence-electron chi connectivity index (χ1n) is 12.4. The van der Waals surface area contributed by atoms with Crippen LogP contribution in [0.1, 0.15) is 28.3 Å². The summed E-state index contributed by atoms with van der Waals surface area (Å²) in [7, 11) is 0. The predicted octanol–water partition coefficient (Wildman–Crippen LogP) is 4.86. The zero-order chi connectivity index (χ0) is 28.2. The van der Waals surface area contributed by atoms with Crippen LogP contribution in [0, 0.1) is 5.82 Å². The average molecular weight is 558 g/mol. The molecule has 0 aliphatic rings. The number of ketones is 1. The van der Waals surface area contributed by atoms with Crippen molar-refractivity contribution in [2.24, 2.45) is 0 Å². The first-order chi connectivity index (χ1) is 19.3. The number of carboxylic acid groups (broad SMARTS) is 1. The van der Waals surface area contributed by atoms with Gasteiger partial charge in [0, 0.05) is 30.0 Å². The van der Waals surface area contributed by atoms with Crippen molar-refractivity contribution in [1.82, 2.24) is 9.55 Å². The summed E-state index contributed by atoms with van der Waals surface area (Å²) in [6.45, 7) is 0.437. The van der Waals surface area contributed by atoms with Crippen LogP contribution in [0.15, 0.2) is 93.8 Å². The van der Waals surface area contributed by atoms with E-state index in [1.807, 2.05) is 0 Å². The van der Waals surface area contributed by atoms with Gasteiger partial charge in [0.05, 0.1) is 22.5 Å². The molecule has 0 saturated heterocycles. The molecule has 0 aliphatic carbocycles. The number of nitrogens with one attached hydrogen (secondary N) is 2. The van der Waals surface area contributed by atoms with Crippen LogP contribution < -0.4 is 16.6 Å². The number of hydrogen-bond donors (Lipinski definition) is 3. The van der Waals surface area contributed by atoms with E-state index in [0.717, 1.165) is 10.1 Å². The van der Waals surface area contributed by atoms with E-state index < -0.39 is 23.1 Å². The number of aliphatic carboxylic acids is 1. The molecule has 1 atom stereocenters. The molecule has 8 nitrogen and oxygen atoms in total. The molecule has 5 aromatic rings. The standard InChI is InChI=1S/C30H24FN3O5S/c31-20-7-3-19(4-8-20)17-32-21-9-12-24-26(15-21)33-30(39)34(28(24)36)22-10-5-18(6-11-22)14-23(35)16-25(29(37)38)27-2-1-13-40-27/h1-13,15,25,32H,14,16-17H2,(H,33,39)(H,37,38). The van der Waals surface area contributed by atoms with Gasteiger partial charge in [-0.05, 0) is 65.0 Å². The van der Waals surface area contributed by atoms with Crippen molar-refractivity contribution in [3.8, 4) is 5.69 Å². The van der Waals surface area contributed by atoms with E-state index in [4.69, 9.17) is 0 Å². The Kier molecular flexibility index (Phi) is 7.70. The molecule has 10 heteroatoms. The number of hydrogen-bond acceptors (Lipinski definition) is 6. The highest BCUT2D eigenvalue weighted by atomic mass is 32.1. The van der Waals surface area contributed by atoms with Gasteiger partial charge in [-0.2, -0.15) is 0 Å².